The highest BCUT2D eigenvalue weighted by molar-refractivity contribution is 9.10. The van der Waals surface area contributed by atoms with E-state index in [0.717, 1.165) is 10.5 Å². The van der Waals surface area contributed by atoms with Crippen molar-refractivity contribution in [1.29, 1.82) is 5.26 Å². The second-order valence-electron chi connectivity index (χ2n) is 3.24. The summed E-state index contributed by atoms with van der Waals surface area (Å²) in [6, 6.07) is 7.06. The van der Waals surface area contributed by atoms with Crippen molar-refractivity contribution >= 4 is 28.0 Å². The van der Waals surface area contributed by atoms with Gasteiger partial charge in [0, 0.05) is 10.5 Å². The molecule has 1 atom stereocenters. The van der Waals surface area contributed by atoms with E-state index in [1.807, 2.05) is 6.07 Å². The molecule has 0 aliphatic carbocycles. The van der Waals surface area contributed by atoms with E-state index in [9.17, 15) is 4.79 Å². The summed E-state index contributed by atoms with van der Waals surface area (Å²) in [5, 5.41) is 17.2. The van der Waals surface area contributed by atoms with Crippen LogP contribution in [0.5, 0.6) is 5.75 Å². The van der Waals surface area contributed by atoms with Crippen LogP contribution in [0.4, 0.5) is 0 Å². The van der Waals surface area contributed by atoms with Crippen molar-refractivity contribution in [2.75, 3.05) is 0 Å². The first kappa shape index (κ1) is 13.3. The van der Waals surface area contributed by atoms with Gasteiger partial charge in [-0.3, -0.25) is 0 Å². The number of hydrogen-bond donors (Lipinski definition) is 1. The van der Waals surface area contributed by atoms with E-state index in [-0.39, 0.29) is 0 Å². The number of halogens is 1. The first-order valence-corrected chi connectivity index (χ1v) is 5.59. The maximum atomic E-state index is 10.4. The van der Waals surface area contributed by atoms with E-state index in [0.29, 0.717) is 11.3 Å². The fourth-order valence-corrected chi connectivity index (χ4v) is 1.49. The van der Waals surface area contributed by atoms with E-state index in [4.69, 9.17) is 15.1 Å². The van der Waals surface area contributed by atoms with Gasteiger partial charge in [0.15, 0.2) is 6.10 Å². The Balaban J connectivity index is 2.95. The third-order valence-electron chi connectivity index (χ3n) is 1.87. The number of nitrogens with zero attached hydrogens (tertiary/aromatic N) is 1. The van der Waals surface area contributed by atoms with E-state index in [1.165, 1.54) is 6.08 Å². The molecule has 1 rings (SSSR count). The van der Waals surface area contributed by atoms with Crippen molar-refractivity contribution in [3.63, 3.8) is 0 Å². The molecular formula is C12H10BrNO3. The Hall–Kier alpha value is -1.80. The highest BCUT2D eigenvalue weighted by Crippen LogP contribution is 2.24. The van der Waals surface area contributed by atoms with Crippen LogP contribution in [0, 0.1) is 11.3 Å². The fourth-order valence-electron chi connectivity index (χ4n) is 1.11. The molecule has 4 nitrogen and oxygen atoms in total. The van der Waals surface area contributed by atoms with Crippen molar-refractivity contribution in [3.8, 4) is 11.8 Å². The first-order chi connectivity index (χ1) is 8.02. The summed E-state index contributed by atoms with van der Waals surface area (Å²) < 4.78 is 6.06. The lowest BCUT2D eigenvalue weighted by atomic mass is 10.2. The highest BCUT2D eigenvalue weighted by atomic mass is 79.9. The van der Waals surface area contributed by atoms with Gasteiger partial charge in [0.25, 0.3) is 0 Å². The molecule has 0 spiro atoms. The molecule has 5 heteroatoms. The van der Waals surface area contributed by atoms with Crippen molar-refractivity contribution < 1.29 is 14.6 Å². The Bertz CT molecular complexity index is 491. The Morgan fingerprint density at radius 3 is 2.94 bits per heavy atom. The monoisotopic (exact) mass is 295 g/mol. The summed E-state index contributed by atoms with van der Waals surface area (Å²) in [6.45, 7) is 1.63. The lowest BCUT2D eigenvalue weighted by molar-refractivity contribution is -0.131. The molecule has 0 fully saturated rings. The largest absolute Gasteiger partial charge is 0.478 e. The Labute approximate surface area is 107 Å². The van der Waals surface area contributed by atoms with Crippen molar-refractivity contribution in [2.45, 2.75) is 13.0 Å². The molecule has 0 saturated heterocycles. The topological polar surface area (TPSA) is 70.3 Å². The number of rotatable bonds is 4. The van der Waals surface area contributed by atoms with Gasteiger partial charge in [-0.1, -0.05) is 15.9 Å². The number of ether oxygens (including phenoxy) is 1. The molecule has 0 saturated carbocycles. The molecule has 0 amide bonds. The first-order valence-electron chi connectivity index (χ1n) is 4.79. The Kier molecular flexibility index (Phi) is 4.73. The normalized spacial score (nSPS) is 12.1. The second kappa shape index (κ2) is 6.06. The van der Waals surface area contributed by atoms with Gasteiger partial charge in [-0.25, -0.2) is 4.79 Å². The van der Waals surface area contributed by atoms with Crippen LogP contribution in [0.15, 0.2) is 28.7 Å². The minimum atomic E-state index is -1.02. The maximum absolute atomic E-state index is 10.4. The molecule has 0 aromatic heterocycles. The van der Waals surface area contributed by atoms with Crippen molar-refractivity contribution in [3.05, 3.63) is 34.3 Å². The number of carboxylic acid groups (broad SMARTS) is 1. The van der Waals surface area contributed by atoms with Gasteiger partial charge in [0.05, 0.1) is 0 Å². The Morgan fingerprint density at radius 2 is 2.35 bits per heavy atom. The number of carboxylic acids is 1. The molecule has 0 aliphatic heterocycles. The quantitative estimate of drug-likeness (QED) is 0.867. The summed E-state index contributed by atoms with van der Waals surface area (Å²) in [5.41, 5.74) is 0.676. The lowest BCUT2D eigenvalue weighted by Crippen LogP contribution is -2.08. The molecule has 1 unspecified atom stereocenters. The van der Waals surface area contributed by atoms with Gasteiger partial charge < -0.3 is 9.84 Å². The Morgan fingerprint density at radius 1 is 1.65 bits per heavy atom. The number of nitriles is 1. The molecule has 0 aliphatic rings. The van der Waals surface area contributed by atoms with Crippen molar-refractivity contribution in [1.82, 2.24) is 0 Å². The van der Waals surface area contributed by atoms with Crippen LogP contribution >= 0.6 is 15.9 Å². The number of hydrogen-bond acceptors (Lipinski definition) is 3. The molecule has 0 bridgehead atoms. The smallest absolute Gasteiger partial charge is 0.328 e. The lowest BCUT2D eigenvalue weighted by Gasteiger charge is -2.08. The summed E-state index contributed by atoms with van der Waals surface area (Å²) in [5.74, 6) is -0.499. The van der Waals surface area contributed by atoms with E-state index in [2.05, 4.69) is 15.9 Å². The number of benzene rings is 1. The summed E-state index contributed by atoms with van der Waals surface area (Å²) in [6.07, 6.45) is 1.95. The molecule has 1 N–H and O–H groups in total. The zero-order valence-electron chi connectivity index (χ0n) is 9.05. The molecule has 0 heterocycles. The zero-order valence-corrected chi connectivity index (χ0v) is 10.6. The SMILES string of the molecule is CC(C#N)Oc1ccc(Br)c(/C=C/C(=O)O)c1. The number of aliphatic carboxylic acids is 1. The van der Waals surface area contributed by atoms with Crippen LogP contribution in [-0.4, -0.2) is 17.2 Å². The van der Waals surface area contributed by atoms with E-state index < -0.39 is 12.1 Å². The van der Waals surface area contributed by atoms with Crippen LogP contribution in [0.3, 0.4) is 0 Å². The summed E-state index contributed by atoms with van der Waals surface area (Å²) >= 11 is 3.30. The van der Waals surface area contributed by atoms with Crippen LogP contribution in [0.25, 0.3) is 6.08 Å². The molecule has 1 aromatic rings. The van der Waals surface area contributed by atoms with E-state index >= 15 is 0 Å². The molecule has 88 valence electrons. The van der Waals surface area contributed by atoms with Crippen LogP contribution in [0.2, 0.25) is 0 Å². The standard InChI is InChI=1S/C12H10BrNO3/c1-8(7-14)17-10-3-4-11(13)9(6-10)2-5-12(15)16/h2-6,8H,1H3,(H,15,16)/b5-2+. The predicted molar refractivity (Wildman–Crippen MR) is 66.5 cm³/mol. The predicted octanol–water partition coefficient (Wildman–Crippen LogP) is 2.84. The molecule has 1 aromatic carbocycles. The highest BCUT2D eigenvalue weighted by Gasteiger charge is 2.04. The van der Waals surface area contributed by atoms with Gasteiger partial charge in [0.2, 0.25) is 0 Å². The van der Waals surface area contributed by atoms with Gasteiger partial charge >= 0.3 is 5.97 Å². The van der Waals surface area contributed by atoms with Crippen LogP contribution < -0.4 is 4.74 Å². The average molecular weight is 296 g/mol. The van der Waals surface area contributed by atoms with Gasteiger partial charge in [-0.15, -0.1) is 0 Å². The molecule has 17 heavy (non-hydrogen) atoms. The summed E-state index contributed by atoms with van der Waals surface area (Å²) in [4.78, 5) is 10.4. The van der Waals surface area contributed by atoms with Gasteiger partial charge in [-0.2, -0.15) is 5.26 Å². The van der Waals surface area contributed by atoms with Gasteiger partial charge in [0.1, 0.15) is 11.8 Å². The molecule has 0 radical (unpaired) electrons. The van der Waals surface area contributed by atoms with Crippen LogP contribution in [0.1, 0.15) is 12.5 Å². The summed E-state index contributed by atoms with van der Waals surface area (Å²) in [7, 11) is 0. The minimum absolute atomic E-state index is 0.521. The average Bonchev–Trinajstić information content (AvgIpc) is 2.29. The zero-order chi connectivity index (χ0) is 12.8. The van der Waals surface area contributed by atoms with E-state index in [1.54, 1.807) is 25.1 Å². The minimum Gasteiger partial charge on any atom is -0.478 e. The molecular weight excluding hydrogens is 286 g/mol. The third-order valence-corrected chi connectivity index (χ3v) is 2.59. The maximum Gasteiger partial charge on any atom is 0.328 e. The second-order valence-corrected chi connectivity index (χ2v) is 4.10. The van der Waals surface area contributed by atoms with Crippen molar-refractivity contribution in [2.24, 2.45) is 0 Å². The van der Waals surface area contributed by atoms with Crippen LogP contribution in [-0.2, 0) is 4.79 Å². The van der Waals surface area contributed by atoms with Gasteiger partial charge in [-0.05, 0) is 36.8 Å². The fraction of sp³-hybridized carbons (Fsp3) is 0.167. The number of carbonyl (C=O) groups is 1. The third kappa shape index (κ3) is 4.29.